The Labute approximate surface area is 75.8 Å². The number of nitrogens with one attached hydrogen (secondary N) is 1. The lowest BCUT2D eigenvalue weighted by atomic mass is 9.95. The summed E-state index contributed by atoms with van der Waals surface area (Å²) in [6.45, 7) is 0. The number of nitrogens with zero attached hydrogens (tertiary/aromatic N) is 2. The van der Waals surface area contributed by atoms with E-state index >= 15 is 0 Å². The van der Waals surface area contributed by atoms with Gasteiger partial charge in [-0.1, -0.05) is 0 Å². The summed E-state index contributed by atoms with van der Waals surface area (Å²) in [5.41, 5.74) is 4.86. The SMILES string of the molecule is c1cc2c(nn1)-c1cc[nH]c1CC2. The lowest BCUT2D eigenvalue weighted by Crippen LogP contribution is -2.05. The highest BCUT2D eigenvalue weighted by Gasteiger charge is 2.17. The molecule has 0 saturated carbocycles. The highest BCUT2D eigenvalue weighted by molar-refractivity contribution is 5.67. The minimum Gasteiger partial charge on any atom is -0.364 e. The Morgan fingerprint density at radius 2 is 2.23 bits per heavy atom. The van der Waals surface area contributed by atoms with Crippen LogP contribution in [-0.2, 0) is 12.8 Å². The van der Waals surface area contributed by atoms with Crippen molar-refractivity contribution < 1.29 is 0 Å². The second-order valence-electron chi connectivity index (χ2n) is 3.27. The van der Waals surface area contributed by atoms with E-state index in [0.29, 0.717) is 0 Å². The molecule has 2 aromatic rings. The summed E-state index contributed by atoms with van der Waals surface area (Å²) in [6, 6.07) is 4.13. The standard InChI is InChI=1S/C10H9N3/c1-2-9-8(4-5-11-9)10-7(1)3-6-12-13-10/h3-6,11H,1-2H2. The number of fused-ring (bicyclic) bond motifs is 3. The molecule has 2 heterocycles. The molecule has 0 bridgehead atoms. The van der Waals surface area contributed by atoms with Crippen molar-refractivity contribution in [3.63, 3.8) is 0 Å². The molecule has 1 N–H and O–H groups in total. The van der Waals surface area contributed by atoms with Gasteiger partial charge >= 0.3 is 0 Å². The van der Waals surface area contributed by atoms with E-state index < -0.39 is 0 Å². The van der Waals surface area contributed by atoms with E-state index in [1.807, 2.05) is 6.20 Å². The summed E-state index contributed by atoms with van der Waals surface area (Å²) in [7, 11) is 0. The van der Waals surface area contributed by atoms with Crippen LogP contribution in [0.1, 0.15) is 11.3 Å². The van der Waals surface area contributed by atoms with Gasteiger partial charge in [0.15, 0.2) is 0 Å². The molecule has 3 rings (SSSR count). The number of hydrogen-bond acceptors (Lipinski definition) is 2. The molecule has 64 valence electrons. The molecule has 0 saturated heterocycles. The molecule has 3 heteroatoms. The average molecular weight is 171 g/mol. The van der Waals surface area contributed by atoms with Crippen molar-refractivity contribution in [3.05, 3.63) is 35.8 Å². The van der Waals surface area contributed by atoms with E-state index in [9.17, 15) is 0 Å². The van der Waals surface area contributed by atoms with E-state index in [0.717, 1.165) is 18.5 Å². The number of H-pyrrole nitrogens is 1. The van der Waals surface area contributed by atoms with Crippen LogP contribution in [-0.4, -0.2) is 15.2 Å². The second kappa shape index (κ2) is 2.42. The van der Waals surface area contributed by atoms with Crippen molar-refractivity contribution in [1.82, 2.24) is 15.2 Å². The van der Waals surface area contributed by atoms with E-state index in [1.165, 1.54) is 16.8 Å². The molecule has 0 aliphatic heterocycles. The molecule has 0 radical (unpaired) electrons. The zero-order valence-corrected chi connectivity index (χ0v) is 7.12. The smallest absolute Gasteiger partial charge is 0.0979 e. The lowest BCUT2D eigenvalue weighted by molar-refractivity contribution is 0.876. The first-order valence-electron chi connectivity index (χ1n) is 4.42. The van der Waals surface area contributed by atoms with Gasteiger partial charge in [0.25, 0.3) is 0 Å². The maximum absolute atomic E-state index is 4.16. The van der Waals surface area contributed by atoms with Crippen LogP contribution in [0.2, 0.25) is 0 Å². The van der Waals surface area contributed by atoms with E-state index in [2.05, 4.69) is 27.3 Å². The summed E-state index contributed by atoms with van der Waals surface area (Å²) in [5, 5.41) is 8.08. The van der Waals surface area contributed by atoms with Gasteiger partial charge < -0.3 is 4.98 Å². The fraction of sp³-hybridized carbons (Fsp3) is 0.200. The van der Waals surface area contributed by atoms with Crippen LogP contribution in [0.25, 0.3) is 11.3 Å². The minimum absolute atomic E-state index is 1.05. The normalized spacial score (nSPS) is 13.5. The minimum atomic E-state index is 1.05. The number of hydrogen-bond donors (Lipinski definition) is 1. The molecule has 13 heavy (non-hydrogen) atoms. The Balaban J connectivity index is 2.30. The third-order valence-corrected chi connectivity index (χ3v) is 2.54. The maximum Gasteiger partial charge on any atom is 0.0979 e. The highest BCUT2D eigenvalue weighted by Crippen LogP contribution is 2.29. The number of rotatable bonds is 0. The van der Waals surface area contributed by atoms with Crippen LogP contribution in [0.3, 0.4) is 0 Å². The van der Waals surface area contributed by atoms with Gasteiger partial charge in [0.2, 0.25) is 0 Å². The van der Waals surface area contributed by atoms with E-state index in [-0.39, 0.29) is 0 Å². The van der Waals surface area contributed by atoms with Crippen LogP contribution in [0.4, 0.5) is 0 Å². The van der Waals surface area contributed by atoms with Crippen molar-refractivity contribution in [1.29, 1.82) is 0 Å². The monoisotopic (exact) mass is 171 g/mol. The maximum atomic E-state index is 4.16. The molecule has 3 nitrogen and oxygen atoms in total. The number of aromatic nitrogens is 3. The van der Waals surface area contributed by atoms with Crippen molar-refractivity contribution in [2.45, 2.75) is 12.8 Å². The molecular formula is C10H9N3. The zero-order chi connectivity index (χ0) is 8.67. The Morgan fingerprint density at radius 1 is 1.23 bits per heavy atom. The number of aromatic amines is 1. The fourth-order valence-electron chi connectivity index (χ4n) is 1.88. The first kappa shape index (κ1) is 6.83. The third-order valence-electron chi connectivity index (χ3n) is 2.54. The summed E-state index contributed by atoms with van der Waals surface area (Å²) in [6.07, 6.45) is 5.88. The van der Waals surface area contributed by atoms with Gasteiger partial charge in [-0.15, -0.1) is 0 Å². The predicted molar refractivity (Wildman–Crippen MR) is 49.2 cm³/mol. The summed E-state index contributed by atoms with van der Waals surface area (Å²) in [5.74, 6) is 0. The van der Waals surface area contributed by atoms with Crippen molar-refractivity contribution in [2.75, 3.05) is 0 Å². The van der Waals surface area contributed by atoms with Crippen molar-refractivity contribution in [3.8, 4) is 11.3 Å². The molecule has 1 aliphatic rings. The summed E-state index contributed by atoms with van der Waals surface area (Å²) in [4.78, 5) is 3.23. The Kier molecular flexibility index (Phi) is 1.27. The molecular weight excluding hydrogens is 162 g/mol. The fourth-order valence-corrected chi connectivity index (χ4v) is 1.88. The third kappa shape index (κ3) is 0.900. The van der Waals surface area contributed by atoms with Gasteiger partial charge in [-0.25, -0.2) is 0 Å². The Bertz CT molecular complexity index is 445. The van der Waals surface area contributed by atoms with Gasteiger partial charge in [-0.3, -0.25) is 0 Å². The van der Waals surface area contributed by atoms with Gasteiger partial charge in [-0.05, 0) is 30.5 Å². The summed E-state index contributed by atoms with van der Waals surface area (Å²) >= 11 is 0. The van der Waals surface area contributed by atoms with Crippen LogP contribution >= 0.6 is 0 Å². The number of aryl methyl sites for hydroxylation is 2. The van der Waals surface area contributed by atoms with E-state index in [4.69, 9.17) is 0 Å². The summed E-state index contributed by atoms with van der Waals surface area (Å²) < 4.78 is 0. The topological polar surface area (TPSA) is 41.6 Å². The lowest BCUT2D eigenvalue weighted by Gasteiger charge is -2.13. The quantitative estimate of drug-likeness (QED) is 0.653. The van der Waals surface area contributed by atoms with Crippen LogP contribution < -0.4 is 0 Å². The van der Waals surface area contributed by atoms with Crippen LogP contribution in [0.5, 0.6) is 0 Å². The van der Waals surface area contributed by atoms with Crippen LogP contribution in [0, 0.1) is 0 Å². The Morgan fingerprint density at radius 3 is 3.23 bits per heavy atom. The van der Waals surface area contributed by atoms with Crippen molar-refractivity contribution >= 4 is 0 Å². The van der Waals surface area contributed by atoms with E-state index in [1.54, 1.807) is 6.20 Å². The first-order valence-corrected chi connectivity index (χ1v) is 4.42. The molecule has 1 aliphatic carbocycles. The van der Waals surface area contributed by atoms with Gasteiger partial charge in [0.1, 0.15) is 0 Å². The molecule has 0 aromatic carbocycles. The zero-order valence-electron chi connectivity index (χ0n) is 7.12. The second-order valence-corrected chi connectivity index (χ2v) is 3.27. The molecule has 0 unspecified atom stereocenters. The molecule has 0 amide bonds. The van der Waals surface area contributed by atoms with Gasteiger partial charge in [0, 0.05) is 23.7 Å². The predicted octanol–water partition coefficient (Wildman–Crippen LogP) is 1.57. The Hall–Kier alpha value is -1.64. The van der Waals surface area contributed by atoms with Gasteiger partial charge in [-0.2, -0.15) is 10.2 Å². The van der Waals surface area contributed by atoms with Gasteiger partial charge in [0.05, 0.1) is 5.69 Å². The van der Waals surface area contributed by atoms with Crippen molar-refractivity contribution in [2.24, 2.45) is 0 Å². The molecule has 0 fully saturated rings. The molecule has 0 spiro atoms. The van der Waals surface area contributed by atoms with Crippen LogP contribution in [0.15, 0.2) is 24.5 Å². The largest absolute Gasteiger partial charge is 0.364 e. The highest BCUT2D eigenvalue weighted by atomic mass is 15.1. The average Bonchev–Trinajstić information content (AvgIpc) is 2.65. The molecule has 0 atom stereocenters. The molecule has 2 aromatic heterocycles. The first-order chi connectivity index (χ1) is 6.45.